The zero-order chi connectivity index (χ0) is 18.8. The molecular formula is C16H20F3N3O3. The van der Waals surface area contributed by atoms with Crippen LogP contribution in [0.4, 0.5) is 29.3 Å². The number of para-hydroxylation sites is 2. The quantitative estimate of drug-likeness (QED) is 0.852. The van der Waals surface area contributed by atoms with Crippen LogP contribution in [0.3, 0.4) is 0 Å². The SMILES string of the molecule is CC(C)(C)OC(=O)N[C@H]1CN(CC(F)(F)F)c2ccccc2NC1=O. The molecule has 2 N–H and O–H groups in total. The van der Waals surface area contributed by atoms with E-state index in [1.54, 1.807) is 32.9 Å². The predicted octanol–water partition coefficient (Wildman–Crippen LogP) is 2.90. The molecule has 1 aromatic rings. The molecule has 1 aliphatic heterocycles. The molecule has 0 fully saturated rings. The van der Waals surface area contributed by atoms with Gasteiger partial charge in [0.25, 0.3) is 0 Å². The number of rotatable bonds is 2. The van der Waals surface area contributed by atoms with Gasteiger partial charge in [-0.3, -0.25) is 4.79 Å². The molecule has 0 bridgehead atoms. The third-order valence-electron chi connectivity index (χ3n) is 3.28. The fraction of sp³-hybridized carbons (Fsp3) is 0.500. The molecule has 0 aromatic heterocycles. The van der Waals surface area contributed by atoms with Gasteiger partial charge in [0.15, 0.2) is 0 Å². The van der Waals surface area contributed by atoms with E-state index in [1.165, 1.54) is 12.1 Å². The number of hydrogen-bond donors (Lipinski definition) is 2. The van der Waals surface area contributed by atoms with Crippen LogP contribution in [0.15, 0.2) is 24.3 Å². The van der Waals surface area contributed by atoms with Crippen molar-refractivity contribution in [3.63, 3.8) is 0 Å². The van der Waals surface area contributed by atoms with Gasteiger partial charge in [-0.25, -0.2) is 4.79 Å². The number of fused-ring (bicyclic) bond motifs is 1. The average Bonchev–Trinajstić information content (AvgIpc) is 2.53. The third kappa shape index (κ3) is 5.54. The Morgan fingerprint density at radius 3 is 2.56 bits per heavy atom. The van der Waals surface area contributed by atoms with Crippen molar-refractivity contribution in [2.75, 3.05) is 23.3 Å². The van der Waals surface area contributed by atoms with E-state index in [2.05, 4.69) is 10.6 Å². The lowest BCUT2D eigenvalue weighted by molar-refractivity contribution is -0.122. The second-order valence-corrected chi connectivity index (χ2v) is 6.70. The zero-order valence-electron chi connectivity index (χ0n) is 14.1. The van der Waals surface area contributed by atoms with Crippen LogP contribution in [0.5, 0.6) is 0 Å². The number of alkyl carbamates (subject to hydrolysis) is 1. The van der Waals surface area contributed by atoms with Crippen molar-refractivity contribution in [2.45, 2.75) is 38.6 Å². The third-order valence-corrected chi connectivity index (χ3v) is 3.28. The van der Waals surface area contributed by atoms with Crippen LogP contribution in [0.2, 0.25) is 0 Å². The maximum Gasteiger partial charge on any atom is 0.408 e. The number of nitrogens with zero attached hydrogens (tertiary/aromatic N) is 1. The second-order valence-electron chi connectivity index (χ2n) is 6.70. The standard InChI is InChI=1S/C16H20F3N3O3/c1-15(2,3)25-14(24)21-11-8-22(9-16(17,18)19)12-7-5-4-6-10(12)20-13(11)23/h4-7,11H,8-9H2,1-3H3,(H,20,23)(H,21,24)/t11-/m0/s1. The summed E-state index contributed by atoms with van der Waals surface area (Å²) in [6.45, 7) is 3.36. The Bertz CT molecular complexity index is 656. The number of nitrogens with one attached hydrogen (secondary N) is 2. The lowest BCUT2D eigenvalue weighted by Gasteiger charge is -2.28. The van der Waals surface area contributed by atoms with Gasteiger partial charge in [-0.15, -0.1) is 0 Å². The number of halogens is 3. The van der Waals surface area contributed by atoms with Crippen molar-refractivity contribution in [1.82, 2.24) is 5.32 Å². The van der Waals surface area contributed by atoms with Gasteiger partial charge in [0.2, 0.25) is 5.91 Å². The molecule has 6 nitrogen and oxygen atoms in total. The Balaban J connectivity index is 2.24. The van der Waals surface area contributed by atoms with Crippen LogP contribution < -0.4 is 15.5 Å². The van der Waals surface area contributed by atoms with Crippen LogP contribution in [-0.4, -0.2) is 42.9 Å². The highest BCUT2D eigenvalue weighted by molar-refractivity contribution is 6.01. The summed E-state index contributed by atoms with van der Waals surface area (Å²) in [5.41, 5.74) is -0.299. The molecule has 0 aliphatic carbocycles. The number of amides is 2. The molecule has 1 aromatic carbocycles. The molecule has 138 valence electrons. The van der Waals surface area contributed by atoms with Crippen LogP contribution in [0.1, 0.15) is 20.8 Å². The van der Waals surface area contributed by atoms with Gasteiger partial charge in [0, 0.05) is 6.54 Å². The number of alkyl halides is 3. The van der Waals surface area contributed by atoms with Gasteiger partial charge in [-0.2, -0.15) is 13.2 Å². The van der Waals surface area contributed by atoms with Crippen molar-refractivity contribution in [2.24, 2.45) is 0 Å². The molecule has 2 amide bonds. The molecular weight excluding hydrogens is 339 g/mol. The number of carbonyl (C=O) groups is 2. The van der Waals surface area contributed by atoms with Gasteiger partial charge in [0.1, 0.15) is 18.2 Å². The Labute approximate surface area is 143 Å². The first-order chi connectivity index (χ1) is 11.4. The monoisotopic (exact) mass is 359 g/mol. The minimum Gasteiger partial charge on any atom is -0.444 e. The molecule has 1 aliphatic rings. The van der Waals surface area contributed by atoms with E-state index in [9.17, 15) is 22.8 Å². The molecule has 0 unspecified atom stereocenters. The van der Waals surface area contributed by atoms with Gasteiger partial charge in [-0.05, 0) is 32.9 Å². The Hall–Kier alpha value is -2.45. The summed E-state index contributed by atoms with van der Waals surface area (Å²) in [5.74, 6) is -0.608. The summed E-state index contributed by atoms with van der Waals surface area (Å²) in [4.78, 5) is 25.2. The first-order valence-corrected chi connectivity index (χ1v) is 7.66. The van der Waals surface area contributed by atoms with Crippen LogP contribution >= 0.6 is 0 Å². The largest absolute Gasteiger partial charge is 0.444 e. The molecule has 25 heavy (non-hydrogen) atoms. The van der Waals surface area contributed by atoms with Crippen LogP contribution in [0, 0.1) is 0 Å². The number of benzene rings is 1. The fourth-order valence-corrected chi connectivity index (χ4v) is 2.40. The Kier molecular flexibility index (Phi) is 5.15. The highest BCUT2D eigenvalue weighted by Crippen LogP contribution is 2.31. The number of hydrogen-bond acceptors (Lipinski definition) is 4. The van der Waals surface area contributed by atoms with E-state index in [4.69, 9.17) is 4.74 Å². The predicted molar refractivity (Wildman–Crippen MR) is 86.5 cm³/mol. The van der Waals surface area contributed by atoms with Gasteiger partial charge >= 0.3 is 12.3 Å². The highest BCUT2D eigenvalue weighted by Gasteiger charge is 2.36. The topological polar surface area (TPSA) is 70.7 Å². The summed E-state index contributed by atoms with van der Waals surface area (Å²) < 4.78 is 43.8. The molecule has 0 spiro atoms. The molecule has 0 saturated carbocycles. The summed E-state index contributed by atoms with van der Waals surface area (Å²) in [5, 5.41) is 4.87. The van der Waals surface area contributed by atoms with Gasteiger partial charge in [-0.1, -0.05) is 12.1 Å². The summed E-state index contributed by atoms with van der Waals surface area (Å²) in [7, 11) is 0. The minimum absolute atomic E-state index is 0.238. The minimum atomic E-state index is -4.46. The fourth-order valence-electron chi connectivity index (χ4n) is 2.40. The van der Waals surface area contributed by atoms with Crippen molar-refractivity contribution >= 4 is 23.4 Å². The first-order valence-electron chi connectivity index (χ1n) is 7.66. The maximum absolute atomic E-state index is 12.9. The van der Waals surface area contributed by atoms with E-state index >= 15 is 0 Å². The molecule has 0 radical (unpaired) electrons. The van der Waals surface area contributed by atoms with Crippen molar-refractivity contribution in [1.29, 1.82) is 0 Å². The Morgan fingerprint density at radius 1 is 1.32 bits per heavy atom. The lowest BCUT2D eigenvalue weighted by Crippen LogP contribution is -2.51. The van der Waals surface area contributed by atoms with Gasteiger partial charge in [0.05, 0.1) is 11.4 Å². The second kappa shape index (κ2) is 6.81. The highest BCUT2D eigenvalue weighted by atomic mass is 19.4. The van der Waals surface area contributed by atoms with Crippen molar-refractivity contribution < 1.29 is 27.5 Å². The van der Waals surface area contributed by atoms with Gasteiger partial charge < -0.3 is 20.3 Å². The first kappa shape index (κ1) is 18.9. The van der Waals surface area contributed by atoms with E-state index in [1.807, 2.05) is 0 Å². The van der Waals surface area contributed by atoms with Crippen LogP contribution in [0.25, 0.3) is 0 Å². The number of ether oxygens (including phenoxy) is 1. The summed E-state index contributed by atoms with van der Waals surface area (Å²) >= 11 is 0. The van der Waals surface area contributed by atoms with Crippen molar-refractivity contribution in [3.05, 3.63) is 24.3 Å². The normalized spacial score (nSPS) is 18.1. The van der Waals surface area contributed by atoms with E-state index in [0.717, 1.165) is 4.90 Å². The molecule has 1 atom stereocenters. The molecule has 0 saturated heterocycles. The zero-order valence-corrected chi connectivity index (χ0v) is 14.1. The van der Waals surface area contributed by atoms with E-state index < -0.39 is 36.4 Å². The number of carbonyl (C=O) groups excluding carboxylic acids is 2. The van der Waals surface area contributed by atoms with E-state index in [0.29, 0.717) is 0 Å². The van der Waals surface area contributed by atoms with Crippen molar-refractivity contribution in [3.8, 4) is 0 Å². The average molecular weight is 359 g/mol. The lowest BCUT2D eigenvalue weighted by atomic mass is 10.2. The maximum atomic E-state index is 12.9. The van der Waals surface area contributed by atoms with Crippen LogP contribution in [-0.2, 0) is 9.53 Å². The van der Waals surface area contributed by atoms with E-state index in [-0.39, 0.29) is 17.9 Å². The Morgan fingerprint density at radius 2 is 1.96 bits per heavy atom. The summed E-state index contributed by atoms with van der Waals surface area (Å²) in [6, 6.07) is 4.98. The molecule has 1 heterocycles. The molecule has 9 heteroatoms. The molecule has 2 rings (SSSR count). The summed E-state index contributed by atoms with van der Waals surface area (Å²) in [6.07, 6.45) is -5.33. The smallest absolute Gasteiger partial charge is 0.408 e. The number of anilines is 2.